The molecule has 1 aromatic rings. The van der Waals surface area contributed by atoms with Gasteiger partial charge in [0.15, 0.2) is 0 Å². The van der Waals surface area contributed by atoms with E-state index < -0.39 is 0 Å². The largest absolute Gasteiger partial charge is 0.303 e. The average molecular weight is 163 g/mol. The van der Waals surface area contributed by atoms with Gasteiger partial charge in [0.25, 0.3) is 0 Å². The van der Waals surface area contributed by atoms with Crippen molar-refractivity contribution in [3.63, 3.8) is 0 Å². The molecule has 0 saturated heterocycles. The van der Waals surface area contributed by atoms with Crippen LogP contribution in [0.2, 0.25) is 0 Å². The van der Waals surface area contributed by atoms with E-state index in [9.17, 15) is 4.79 Å². The zero-order valence-electron chi connectivity index (χ0n) is 7.72. The van der Waals surface area contributed by atoms with E-state index in [2.05, 4.69) is 4.98 Å². The molecular formula is C10H13NO. The van der Waals surface area contributed by atoms with E-state index in [0.717, 1.165) is 28.8 Å². The lowest BCUT2D eigenvalue weighted by molar-refractivity contribution is -0.107. The van der Waals surface area contributed by atoms with Crippen LogP contribution >= 0.6 is 0 Å². The van der Waals surface area contributed by atoms with Crippen molar-refractivity contribution in [3.05, 3.63) is 28.6 Å². The third kappa shape index (κ3) is 1.70. The summed E-state index contributed by atoms with van der Waals surface area (Å²) < 4.78 is 0. The predicted molar refractivity (Wildman–Crippen MR) is 48.2 cm³/mol. The van der Waals surface area contributed by atoms with Gasteiger partial charge in [0.1, 0.15) is 6.29 Å². The Morgan fingerprint density at radius 1 is 1.42 bits per heavy atom. The van der Waals surface area contributed by atoms with Crippen LogP contribution in [0.4, 0.5) is 0 Å². The second-order valence-electron chi connectivity index (χ2n) is 3.02. The second kappa shape index (κ2) is 3.48. The number of hydrogen-bond acceptors (Lipinski definition) is 2. The Kier molecular flexibility index (Phi) is 2.58. The SMILES string of the molecule is Cc1cc(C)c(CC=O)c(C)n1. The summed E-state index contributed by atoms with van der Waals surface area (Å²) in [5.41, 5.74) is 4.21. The van der Waals surface area contributed by atoms with E-state index in [-0.39, 0.29) is 0 Å². The number of aromatic nitrogens is 1. The van der Waals surface area contributed by atoms with E-state index in [1.165, 1.54) is 0 Å². The Morgan fingerprint density at radius 2 is 2.08 bits per heavy atom. The first-order chi connectivity index (χ1) is 5.65. The molecular weight excluding hydrogens is 150 g/mol. The van der Waals surface area contributed by atoms with Crippen molar-refractivity contribution in [1.82, 2.24) is 4.98 Å². The highest BCUT2D eigenvalue weighted by Gasteiger charge is 2.03. The van der Waals surface area contributed by atoms with Crippen molar-refractivity contribution in [3.8, 4) is 0 Å². The first-order valence-electron chi connectivity index (χ1n) is 4.02. The number of rotatable bonds is 2. The van der Waals surface area contributed by atoms with Gasteiger partial charge in [-0.3, -0.25) is 4.98 Å². The van der Waals surface area contributed by atoms with Crippen molar-refractivity contribution < 1.29 is 4.79 Å². The molecule has 64 valence electrons. The van der Waals surface area contributed by atoms with Crippen LogP contribution in [0.25, 0.3) is 0 Å². The second-order valence-corrected chi connectivity index (χ2v) is 3.02. The molecule has 1 rings (SSSR count). The molecule has 1 aromatic heterocycles. The predicted octanol–water partition coefficient (Wildman–Crippen LogP) is 1.75. The van der Waals surface area contributed by atoms with Gasteiger partial charge in [-0.25, -0.2) is 0 Å². The topological polar surface area (TPSA) is 30.0 Å². The Morgan fingerprint density at radius 3 is 2.58 bits per heavy atom. The summed E-state index contributed by atoms with van der Waals surface area (Å²) in [6, 6.07) is 2.01. The molecule has 0 fully saturated rings. The molecule has 0 aliphatic heterocycles. The van der Waals surface area contributed by atoms with Crippen LogP contribution in [0, 0.1) is 20.8 Å². The lowest BCUT2D eigenvalue weighted by atomic mass is 10.0. The third-order valence-electron chi connectivity index (χ3n) is 1.97. The number of aldehydes is 1. The fourth-order valence-corrected chi connectivity index (χ4v) is 1.44. The molecule has 2 nitrogen and oxygen atoms in total. The molecule has 0 spiro atoms. The minimum Gasteiger partial charge on any atom is -0.303 e. The molecule has 0 unspecified atom stereocenters. The maximum Gasteiger partial charge on any atom is 0.124 e. The first kappa shape index (κ1) is 8.91. The van der Waals surface area contributed by atoms with Gasteiger partial charge in [-0.2, -0.15) is 0 Å². The summed E-state index contributed by atoms with van der Waals surface area (Å²) in [5, 5.41) is 0. The van der Waals surface area contributed by atoms with Gasteiger partial charge in [0, 0.05) is 17.8 Å². The Hall–Kier alpha value is -1.18. The molecule has 0 aliphatic carbocycles. The molecule has 12 heavy (non-hydrogen) atoms. The van der Waals surface area contributed by atoms with Crippen molar-refractivity contribution in [1.29, 1.82) is 0 Å². The van der Waals surface area contributed by atoms with E-state index in [1.54, 1.807) is 0 Å². The van der Waals surface area contributed by atoms with Gasteiger partial charge < -0.3 is 4.79 Å². The Bertz CT molecular complexity index is 282. The van der Waals surface area contributed by atoms with Crippen LogP contribution in [-0.4, -0.2) is 11.3 Å². The quantitative estimate of drug-likeness (QED) is 0.622. The summed E-state index contributed by atoms with van der Waals surface area (Å²) >= 11 is 0. The number of carbonyl (C=O) groups is 1. The molecule has 0 aromatic carbocycles. The number of nitrogens with zero attached hydrogens (tertiary/aromatic N) is 1. The van der Waals surface area contributed by atoms with E-state index in [0.29, 0.717) is 6.42 Å². The molecule has 2 heteroatoms. The molecule has 0 saturated carbocycles. The molecule has 0 bridgehead atoms. The molecule has 0 atom stereocenters. The normalized spacial score (nSPS) is 9.92. The van der Waals surface area contributed by atoms with E-state index >= 15 is 0 Å². The van der Waals surface area contributed by atoms with E-state index in [4.69, 9.17) is 0 Å². The number of hydrogen-bond donors (Lipinski definition) is 0. The zero-order valence-corrected chi connectivity index (χ0v) is 7.72. The maximum absolute atomic E-state index is 10.3. The van der Waals surface area contributed by atoms with Crippen LogP contribution in [0.15, 0.2) is 6.07 Å². The van der Waals surface area contributed by atoms with Gasteiger partial charge in [-0.05, 0) is 38.0 Å². The van der Waals surface area contributed by atoms with Crippen LogP contribution in [0.3, 0.4) is 0 Å². The maximum atomic E-state index is 10.3. The number of carbonyl (C=O) groups excluding carboxylic acids is 1. The van der Waals surface area contributed by atoms with Gasteiger partial charge in [0.2, 0.25) is 0 Å². The number of pyridine rings is 1. The zero-order chi connectivity index (χ0) is 9.14. The van der Waals surface area contributed by atoms with Gasteiger partial charge in [-0.15, -0.1) is 0 Å². The summed E-state index contributed by atoms with van der Waals surface area (Å²) in [5.74, 6) is 0. The molecule has 0 amide bonds. The highest BCUT2D eigenvalue weighted by Crippen LogP contribution is 2.12. The number of aryl methyl sites for hydroxylation is 3. The monoisotopic (exact) mass is 163 g/mol. The van der Waals surface area contributed by atoms with Crippen molar-refractivity contribution in [2.24, 2.45) is 0 Å². The molecule has 1 heterocycles. The van der Waals surface area contributed by atoms with Crippen LogP contribution < -0.4 is 0 Å². The standard InChI is InChI=1S/C10H13NO/c1-7-6-8(2)11-9(3)10(7)4-5-12/h5-6H,4H2,1-3H3. The summed E-state index contributed by atoms with van der Waals surface area (Å²) in [7, 11) is 0. The van der Waals surface area contributed by atoms with Crippen molar-refractivity contribution in [2.75, 3.05) is 0 Å². The van der Waals surface area contributed by atoms with Crippen LogP contribution in [0.1, 0.15) is 22.5 Å². The Balaban J connectivity index is 3.18. The van der Waals surface area contributed by atoms with E-state index in [1.807, 2.05) is 26.8 Å². The molecule has 0 N–H and O–H groups in total. The van der Waals surface area contributed by atoms with Crippen LogP contribution in [-0.2, 0) is 11.2 Å². The fourth-order valence-electron chi connectivity index (χ4n) is 1.44. The molecule has 0 radical (unpaired) electrons. The summed E-state index contributed by atoms with van der Waals surface area (Å²) in [6.07, 6.45) is 1.40. The minimum absolute atomic E-state index is 0.477. The minimum atomic E-state index is 0.477. The summed E-state index contributed by atoms with van der Waals surface area (Å²) in [4.78, 5) is 14.6. The van der Waals surface area contributed by atoms with Crippen molar-refractivity contribution >= 4 is 6.29 Å². The fraction of sp³-hybridized carbons (Fsp3) is 0.400. The smallest absolute Gasteiger partial charge is 0.124 e. The molecule has 0 aliphatic rings. The first-order valence-corrected chi connectivity index (χ1v) is 4.02. The van der Waals surface area contributed by atoms with Crippen LogP contribution in [0.5, 0.6) is 0 Å². The van der Waals surface area contributed by atoms with Gasteiger partial charge >= 0.3 is 0 Å². The Labute approximate surface area is 72.6 Å². The highest BCUT2D eigenvalue weighted by molar-refractivity contribution is 5.57. The van der Waals surface area contributed by atoms with Gasteiger partial charge in [-0.1, -0.05) is 0 Å². The van der Waals surface area contributed by atoms with Crippen molar-refractivity contribution in [2.45, 2.75) is 27.2 Å². The summed E-state index contributed by atoms with van der Waals surface area (Å²) in [6.45, 7) is 5.92. The average Bonchev–Trinajstić information content (AvgIpc) is 1.96. The lowest BCUT2D eigenvalue weighted by Crippen LogP contribution is -1.99. The lowest BCUT2D eigenvalue weighted by Gasteiger charge is -2.06. The van der Waals surface area contributed by atoms with Gasteiger partial charge in [0.05, 0.1) is 0 Å². The third-order valence-corrected chi connectivity index (χ3v) is 1.97. The highest BCUT2D eigenvalue weighted by atomic mass is 16.1.